The lowest BCUT2D eigenvalue weighted by molar-refractivity contribution is 0.0953. The van der Waals surface area contributed by atoms with Crippen LogP contribution < -0.4 is 5.32 Å². The molecule has 31 heavy (non-hydrogen) atoms. The molecule has 4 rings (SSSR count). The van der Waals surface area contributed by atoms with Crippen LogP contribution in [0, 0.1) is 19.7 Å². The molecule has 3 aromatic carbocycles. The van der Waals surface area contributed by atoms with Crippen molar-refractivity contribution in [1.82, 2.24) is 14.9 Å². The van der Waals surface area contributed by atoms with Gasteiger partial charge in [-0.25, -0.2) is 9.37 Å². The number of hydrogen-bond donors (Lipinski definition) is 1. The zero-order valence-corrected chi connectivity index (χ0v) is 17.9. The van der Waals surface area contributed by atoms with E-state index in [9.17, 15) is 9.18 Å². The second-order valence-electron chi connectivity index (χ2n) is 7.90. The van der Waals surface area contributed by atoms with Crippen LogP contribution in [0.5, 0.6) is 0 Å². The summed E-state index contributed by atoms with van der Waals surface area (Å²) in [5.74, 6) is 0.473. The van der Waals surface area contributed by atoms with Crippen molar-refractivity contribution in [3.8, 4) is 0 Å². The lowest BCUT2D eigenvalue weighted by atomic mass is 10.1. The van der Waals surface area contributed by atoms with Gasteiger partial charge in [0.2, 0.25) is 0 Å². The Hall–Kier alpha value is -3.47. The van der Waals surface area contributed by atoms with Gasteiger partial charge in [0.05, 0.1) is 11.0 Å². The Bertz CT molecular complexity index is 1210. The van der Waals surface area contributed by atoms with Gasteiger partial charge < -0.3 is 9.88 Å². The van der Waals surface area contributed by atoms with Gasteiger partial charge in [0.15, 0.2) is 0 Å². The molecule has 0 spiro atoms. The largest absolute Gasteiger partial charge is 0.352 e. The highest BCUT2D eigenvalue weighted by Gasteiger charge is 2.12. The van der Waals surface area contributed by atoms with E-state index in [0.29, 0.717) is 12.1 Å². The maximum absolute atomic E-state index is 13.0. The van der Waals surface area contributed by atoms with E-state index < -0.39 is 0 Å². The second kappa shape index (κ2) is 9.13. The summed E-state index contributed by atoms with van der Waals surface area (Å²) in [6.45, 7) is 5.55. The van der Waals surface area contributed by atoms with Crippen LogP contribution in [0.4, 0.5) is 4.39 Å². The molecule has 0 aliphatic heterocycles. The van der Waals surface area contributed by atoms with Gasteiger partial charge in [0, 0.05) is 25.1 Å². The molecule has 4 aromatic rings. The number of halogens is 1. The first-order valence-corrected chi connectivity index (χ1v) is 10.6. The van der Waals surface area contributed by atoms with E-state index in [2.05, 4.69) is 48.0 Å². The summed E-state index contributed by atoms with van der Waals surface area (Å²) in [5, 5.41) is 2.91. The molecule has 0 aliphatic rings. The van der Waals surface area contributed by atoms with Gasteiger partial charge in [-0.3, -0.25) is 4.79 Å². The molecule has 0 unspecified atom stereocenters. The third kappa shape index (κ3) is 4.82. The highest BCUT2D eigenvalue weighted by molar-refractivity contribution is 5.94. The predicted molar refractivity (Wildman–Crippen MR) is 122 cm³/mol. The number of nitrogens with one attached hydrogen (secondary N) is 1. The smallest absolute Gasteiger partial charge is 0.251 e. The quantitative estimate of drug-likeness (QED) is 0.422. The predicted octanol–water partition coefficient (Wildman–Crippen LogP) is 5.20. The first kappa shape index (κ1) is 20.8. The number of aryl methyl sites for hydroxylation is 3. The normalized spacial score (nSPS) is 11.1. The van der Waals surface area contributed by atoms with Crippen LogP contribution in [0.1, 0.15) is 39.3 Å². The summed E-state index contributed by atoms with van der Waals surface area (Å²) in [6.07, 6.45) is 1.52. The minimum atomic E-state index is -0.348. The molecule has 0 aliphatic carbocycles. The molecule has 1 aromatic heterocycles. The Morgan fingerprint density at radius 1 is 1.03 bits per heavy atom. The van der Waals surface area contributed by atoms with Gasteiger partial charge in [-0.2, -0.15) is 0 Å². The van der Waals surface area contributed by atoms with Crippen molar-refractivity contribution in [3.63, 3.8) is 0 Å². The van der Waals surface area contributed by atoms with Crippen LogP contribution in [-0.2, 0) is 13.0 Å². The number of benzene rings is 3. The molecule has 1 heterocycles. The van der Waals surface area contributed by atoms with Crippen molar-refractivity contribution < 1.29 is 9.18 Å². The van der Waals surface area contributed by atoms with E-state index in [1.54, 1.807) is 0 Å². The topological polar surface area (TPSA) is 46.9 Å². The third-order valence-corrected chi connectivity index (χ3v) is 5.54. The number of carbonyl (C=O) groups is 1. The molecular weight excluding hydrogens is 389 g/mol. The molecule has 1 amide bonds. The number of aromatic nitrogens is 2. The maximum atomic E-state index is 13.0. The van der Waals surface area contributed by atoms with Crippen molar-refractivity contribution in [3.05, 3.63) is 101 Å². The Balaban J connectivity index is 1.47. The SMILES string of the molecule is Cc1ccc(C)c(Cn2c(CCCNC(=O)c3ccc(F)cc3)nc3ccccc32)c1. The summed E-state index contributed by atoms with van der Waals surface area (Å²) >= 11 is 0. The second-order valence-corrected chi connectivity index (χ2v) is 7.90. The monoisotopic (exact) mass is 415 g/mol. The molecule has 5 heteroatoms. The lowest BCUT2D eigenvalue weighted by Crippen LogP contribution is -2.25. The number of amides is 1. The highest BCUT2D eigenvalue weighted by atomic mass is 19.1. The van der Waals surface area contributed by atoms with Gasteiger partial charge in [-0.15, -0.1) is 0 Å². The number of nitrogens with zero attached hydrogens (tertiary/aromatic N) is 2. The van der Waals surface area contributed by atoms with Crippen LogP contribution in [0.25, 0.3) is 11.0 Å². The fraction of sp³-hybridized carbons (Fsp3) is 0.231. The number of hydrogen-bond acceptors (Lipinski definition) is 2. The summed E-state index contributed by atoms with van der Waals surface area (Å²) in [5.41, 5.74) is 6.36. The number of imidazole rings is 1. The van der Waals surface area contributed by atoms with E-state index in [0.717, 1.165) is 36.2 Å². The van der Waals surface area contributed by atoms with E-state index in [1.807, 2.05) is 18.2 Å². The van der Waals surface area contributed by atoms with E-state index in [-0.39, 0.29) is 11.7 Å². The zero-order valence-electron chi connectivity index (χ0n) is 17.9. The summed E-state index contributed by atoms with van der Waals surface area (Å²) in [7, 11) is 0. The molecule has 0 atom stereocenters. The first-order chi connectivity index (χ1) is 15.0. The molecule has 0 fully saturated rings. The number of rotatable bonds is 7. The Morgan fingerprint density at radius 3 is 2.61 bits per heavy atom. The molecule has 4 nitrogen and oxygen atoms in total. The van der Waals surface area contributed by atoms with Gasteiger partial charge in [-0.05, 0) is 67.8 Å². The van der Waals surface area contributed by atoms with Gasteiger partial charge in [-0.1, -0.05) is 35.9 Å². The molecular formula is C26H26FN3O. The summed E-state index contributed by atoms with van der Waals surface area (Å²) in [4.78, 5) is 17.1. The van der Waals surface area contributed by atoms with Crippen LogP contribution in [-0.4, -0.2) is 22.0 Å². The average molecular weight is 416 g/mol. The summed E-state index contributed by atoms with van der Waals surface area (Å²) in [6, 6.07) is 20.3. The van der Waals surface area contributed by atoms with E-state index in [1.165, 1.54) is 41.0 Å². The lowest BCUT2D eigenvalue weighted by Gasteiger charge is -2.13. The Morgan fingerprint density at radius 2 is 1.81 bits per heavy atom. The van der Waals surface area contributed by atoms with Crippen molar-refractivity contribution in [2.24, 2.45) is 0 Å². The first-order valence-electron chi connectivity index (χ1n) is 10.6. The highest BCUT2D eigenvalue weighted by Crippen LogP contribution is 2.21. The van der Waals surface area contributed by atoms with Gasteiger partial charge in [0.25, 0.3) is 5.91 Å². The van der Waals surface area contributed by atoms with Crippen molar-refractivity contribution in [1.29, 1.82) is 0 Å². The van der Waals surface area contributed by atoms with Gasteiger partial charge in [0.1, 0.15) is 11.6 Å². The van der Waals surface area contributed by atoms with Crippen molar-refractivity contribution in [2.45, 2.75) is 33.2 Å². The fourth-order valence-electron chi connectivity index (χ4n) is 3.79. The van der Waals surface area contributed by atoms with Crippen LogP contribution >= 0.6 is 0 Å². The molecule has 0 radical (unpaired) electrons. The van der Waals surface area contributed by atoms with E-state index >= 15 is 0 Å². The molecule has 0 bridgehead atoms. The minimum absolute atomic E-state index is 0.191. The molecule has 158 valence electrons. The van der Waals surface area contributed by atoms with E-state index in [4.69, 9.17) is 4.98 Å². The fourth-order valence-corrected chi connectivity index (χ4v) is 3.79. The number of para-hydroxylation sites is 2. The zero-order chi connectivity index (χ0) is 21.8. The summed E-state index contributed by atoms with van der Waals surface area (Å²) < 4.78 is 15.3. The van der Waals surface area contributed by atoms with Crippen molar-refractivity contribution >= 4 is 16.9 Å². The minimum Gasteiger partial charge on any atom is -0.352 e. The number of fused-ring (bicyclic) bond motifs is 1. The molecule has 1 N–H and O–H groups in total. The third-order valence-electron chi connectivity index (χ3n) is 5.54. The van der Waals surface area contributed by atoms with Crippen LogP contribution in [0.2, 0.25) is 0 Å². The van der Waals surface area contributed by atoms with Gasteiger partial charge >= 0.3 is 0 Å². The Labute approximate surface area is 181 Å². The average Bonchev–Trinajstić information content (AvgIpc) is 3.11. The molecule has 0 saturated heterocycles. The van der Waals surface area contributed by atoms with Crippen molar-refractivity contribution in [2.75, 3.05) is 6.54 Å². The van der Waals surface area contributed by atoms with Crippen LogP contribution in [0.15, 0.2) is 66.7 Å². The number of carbonyl (C=O) groups excluding carboxylic acids is 1. The maximum Gasteiger partial charge on any atom is 0.251 e. The standard InChI is InChI=1S/C26H26FN3O/c1-18-9-10-19(2)21(16-18)17-30-24-7-4-3-6-23(24)29-25(30)8-5-15-28-26(31)20-11-13-22(27)14-12-20/h3-4,6-7,9-14,16H,5,8,15,17H2,1-2H3,(H,28,31). The Kier molecular flexibility index (Phi) is 6.12. The van der Waals surface area contributed by atoms with Crippen LogP contribution in [0.3, 0.4) is 0 Å². The molecule has 0 saturated carbocycles.